The summed E-state index contributed by atoms with van der Waals surface area (Å²) in [5.41, 5.74) is 3.37. The number of carbonyl (C=O) groups excluding carboxylic acids is 1. The molecule has 0 radical (unpaired) electrons. The predicted octanol–water partition coefficient (Wildman–Crippen LogP) is 3.79. The van der Waals surface area contributed by atoms with Crippen LogP contribution in [0, 0.1) is 12.3 Å². The lowest BCUT2D eigenvalue weighted by atomic mass is 9.79. The Bertz CT molecular complexity index is 1160. The molecule has 0 bridgehead atoms. The van der Waals surface area contributed by atoms with Crippen LogP contribution in [-0.4, -0.2) is 84.6 Å². The SMILES string of the molecule is Cc1nn(C)cc1CN1CCCC2(CC1)CCN(Cc1cccnc1)C2=O.O=C(O)C(F)(F)F.O=C(O)C(F)(F)F. The van der Waals surface area contributed by atoms with Crippen LogP contribution in [0.4, 0.5) is 26.3 Å². The number of nitrogens with zero attached hydrogens (tertiary/aromatic N) is 5. The monoisotopic (exact) mass is 595 g/mol. The molecule has 228 valence electrons. The molecule has 1 atom stereocenters. The van der Waals surface area contributed by atoms with Crippen molar-refractivity contribution in [1.82, 2.24) is 24.6 Å². The quantitative estimate of drug-likeness (QED) is 0.511. The molecule has 10 nitrogen and oxygen atoms in total. The van der Waals surface area contributed by atoms with Gasteiger partial charge in [-0.15, -0.1) is 0 Å². The molecule has 0 aliphatic carbocycles. The van der Waals surface area contributed by atoms with Crippen molar-refractivity contribution in [2.45, 2.75) is 58.0 Å². The molecule has 41 heavy (non-hydrogen) atoms. The number of aryl methyl sites for hydroxylation is 2. The van der Waals surface area contributed by atoms with Gasteiger partial charge in [0, 0.05) is 50.8 Å². The number of carboxylic acids is 2. The van der Waals surface area contributed by atoms with Crippen molar-refractivity contribution >= 4 is 17.8 Å². The van der Waals surface area contributed by atoms with Crippen LogP contribution in [-0.2, 0) is 34.5 Å². The maximum atomic E-state index is 13.2. The molecular weight excluding hydrogens is 564 g/mol. The van der Waals surface area contributed by atoms with Crippen molar-refractivity contribution in [2.75, 3.05) is 19.6 Å². The second kappa shape index (κ2) is 13.8. The summed E-state index contributed by atoms with van der Waals surface area (Å²) in [6.45, 7) is 6.62. The highest BCUT2D eigenvalue weighted by atomic mass is 19.4. The van der Waals surface area contributed by atoms with Crippen LogP contribution < -0.4 is 0 Å². The van der Waals surface area contributed by atoms with E-state index in [2.05, 4.69) is 34.2 Å². The highest BCUT2D eigenvalue weighted by Crippen LogP contribution is 2.42. The Hall–Kier alpha value is -3.69. The number of pyridine rings is 1. The van der Waals surface area contributed by atoms with Gasteiger partial charge in [-0.1, -0.05) is 6.07 Å². The molecule has 2 saturated heterocycles. The third-order valence-corrected chi connectivity index (χ3v) is 6.73. The van der Waals surface area contributed by atoms with E-state index < -0.39 is 24.3 Å². The Kier molecular flexibility index (Phi) is 11.3. The van der Waals surface area contributed by atoms with Gasteiger partial charge in [-0.3, -0.25) is 19.4 Å². The van der Waals surface area contributed by atoms with Crippen LogP contribution in [0.5, 0.6) is 0 Å². The van der Waals surface area contributed by atoms with Crippen molar-refractivity contribution in [2.24, 2.45) is 12.5 Å². The molecule has 1 spiro atoms. The molecule has 16 heteroatoms. The number of amides is 1. The average Bonchev–Trinajstić information content (AvgIpc) is 3.25. The van der Waals surface area contributed by atoms with Crippen LogP contribution in [0.2, 0.25) is 0 Å². The number of hydrogen-bond donors (Lipinski definition) is 2. The van der Waals surface area contributed by atoms with Gasteiger partial charge in [0.15, 0.2) is 0 Å². The van der Waals surface area contributed by atoms with Crippen LogP contribution in [0.1, 0.15) is 42.5 Å². The number of carboxylic acid groups (broad SMARTS) is 2. The first-order chi connectivity index (χ1) is 18.9. The van der Waals surface area contributed by atoms with E-state index in [1.165, 1.54) is 5.56 Å². The number of rotatable bonds is 4. The van der Waals surface area contributed by atoms with Crippen LogP contribution in [0.25, 0.3) is 0 Å². The lowest BCUT2D eigenvalue weighted by Crippen LogP contribution is -2.35. The van der Waals surface area contributed by atoms with Gasteiger partial charge < -0.3 is 15.1 Å². The predicted molar refractivity (Wildman–Crippen MR) is 131 cm³/mol. The van der Waals surface area contributed by atoms with Crippen LogP contribution in [0.15, 0.2) is 30.7 Å². The van der Waals surface area contributed by atoms with Gasteiger partial charge in [0.2, 0.25) is 5.91 Å². The molecule has 4 heterocycles. The number of likely N-dealkylation sites (tertiary alicyclic amines) is 2. The van der Waals surface area contributed by atoms with Gasteiger partial charge in [0.1, 0.15) is 0 Å². The summed E-state index contributed by atoms with van der Waals surface area (Å²) < 4.78 is 65.4. The lowest BCUT2D eigenvalue weighted by Gasteiger charge is -2.27. The van der Waals surface area contributed by atoms with E-state index in [0.29, 0.717) is 12.5 Å². The second-order valence-electron chi connectivity index (χ2n) is 9.77. The Morgan fingerprint density at radius 3 is 2.05 bits per heavy atom. The van der Waals surface area contributed by atoms with E-state index in [4.69, 9.17) is 19.8 Å². The van der Waals surface area contributed by atoms with Crippen molar-refractivity contribution in [3.05, 3.63) is 47.5 Å². The zero-order valence-electron chi connectivity index (χ0n) is 22.4. The molecule has 1 unspecified atom stereocenters. The number of aromatic nitrogens is 3. The third-order valence-electron chi connectivity index (χ3n) is 6.73. The molecule has 1 amide bonds. The summed E-state index contributed by atoms with van der Waals surface area (Å²) in [5, 5.41) is 18.7. The minimum absolute atomic E-state index is 0.152. The van der Waals surface area contributed by atoms with E-state index in [-0.39, 0.29) is 5.41 Å². The highest BCUT2D eigenvalue weighted by Gasteiger charge is 2.46. The van der Waals surface area contributed by atoms with Crippen molar-refractivity contribution in [3.63, 3.8) is 0 Å². The minimum atomic E-state index is -5.08. The molecule has 0 saturated carbocycles. The first kappa shape index (κ1) is 33.5. The van der Waals surface area contributed by atoms with Gasteiger partial charge in [-0.2, -0.15) is 31.4 Å². The van der Waals surface area contributed by atoms with Crippen molar-refractivity contribution in [1.29, 1.82) is 0 Å². The van der Waals surface area contributed by atoms with E-state index in [1.807, 2.05) is 28.9 Å². The fourth-order valence-electron chi connectivity index (χ4n) is 4.67. The number of carbonyl (C=O) groups is 3. The molecule has 2 N–H and O–H groups in total. The number of aliphatic carboxylic acids is 2. The number of hydrogen-bond acceptors (Lipinski definition) is 6. The molecular formula is C25H31F6N5O5. The number of halogens is 6. The van der Waals surface area contributed by atoms with Gasteiger partial charge in [-0.05, 0) is 57.3 Å². The maximum Gasteiger partial charge on any atom is 0.490 e. The second-order valence-corrected chi connectivity index (χ2v) is 9.77. The van der Waals surface area contributed by atoms with Crippen LogP contribution >= 0.6 is 0 Å². The molecule has 2 aromatic heterocycles. The van der Waals surface area contributed by atoms with Gasteiger partial charge in [-0.25, -0.2) is 9.59 Å². The first-order valence-corrected chi connectivity index (χ1v) is 12.4. The summed E-state index contributed by atoms with van der Waals surface area (Å²) >= 11 is 0. The highest BCUT2D eigenvalue weighted by molar-refractivity contribution is 5.84. The van der Waals surface area contributed by atoms with Gasteiger partial charge in [0.25, 0.3) is 0 Å². The first-order valence-electron chi connectivity index (χ1n) is 12.4. The summed E-state index contributed by atoms with van der Waals surface area (Å²) in [6, 6.07) is 3.99. The molecule has 0 aromatic carbocycles. The minimum Gasteiger partial charge on any atom is -0.475 e. The molecule has 2 fully saturated rings. The van der Waals surface area contributed by atoms with E-state index in [1.54, 1.807) is 6.20 Å². The van der Waals surface area contributed by atoms with E-state index in [0.717, 1.165) is 63.1 Å². The van der Waals surface area contributed by atoms with Crippen LogP contribution in [0.3, 0.4) is 0 Å². The Balaban J connectivity index is 0.000000349. The third kappa shape index (κ3) is 10.0. The van der Waals surface area contributed by atoms with E-state index in [9.17, 15) is 31.1 Å². The molecule has 2 aliphatic rings. The Labute approximate surface area is 231 Å². The fourth-order valence-corrected chi connectivity index (χ4v) is 4.67. The van der Waals surface area contributed by atoms with E-state index >= 15 is 0 Å². The lowest BCUT2D eigenvalue weighted by molar-refractivity contribution is -0.193. The zero-order valence-corrected chi connectivity index (χ0v) is 22.4. The summed E-state index contributed by atoms with van der Waals surface area (Å²) in [6.07, 6.45) is -0.347. The summed E-state index contributed by atoms with van der Waals surface area (Å²) in [5.74, 6) is -5.16. The summed E-state index contributed by atoms with van der Waals surface area (Å²) in [4.78, 5) is 39.7. The largest absolute Gasteiger partial charge is 0.490 e. The smallest absolute Gasteiger partial charge is 0.475 e. The molecule has 2 aromatic rings. The molecule has 2 aliphatic heterocycles. The maximum absolute atomic E-state index is 13.2. The van der Waals surface area contributed by atoms with Crippen molar-refractivity contribution < 1.29 is 50.9 Å². The van der Waals surface area contributed by atoms with Crippen molar-refractivity contribution in [3.8, 4) is 0 Å². The number of alkyl halides is 6. The topological polar surface area (TPSA) is 129 Å². The normalized spacial score (nSPS) is 19.6. The Morgan fingerprint density at radius 2 is 1.56 bits per heavy atom. The fraction of sp³-hybridized carbons (Fsp3) is 0.560. The Morgan fingerprint density at radius 1 is 0.976 bits per heavy atom. The van der Waals surface area contributed by atoms with Gasteiger partial charge >= 0.3 is 24.3 Å². The molecule has 4 rings (SSSR count). The zero-order chi connectivity index (χ0) is 31.0. The average molecular weight is 596 g/mol. The van der Waals surface area contributed by atoms with Gasteiger partial charge in [0.05, 0.1) is 11.1 Å². The summed E-state index contributed by atoms with van der Waals surface area (Å²) in [7, 11) is 1.97. The standard InChI is InChI=1S/C21H29N5O.2C2HF3O2/c1-17-19(15-24(2)23-17)16-25-10-4-6-21(7-11-25)8-12-26(20(21)27)14-18-5-3-9-22-13-18;2*3-2(4,5)1(6)7/h3,5,9,13,15H,4,6-8,10-12,14,16H2,1-2H3;2*(H,6,7).